The summed E-state index contributed by atoms with van der Waals surface area (Å²) >= 11 is 0. The number of halogens is 3. The maximum atomic E-state index is 13.7. The minimum atomic E-state index is -1.31. The van der Waals surface area contributed by atoms with Crippen molar-refractivity contribution < 1.29 is 27.4 Å². The number of esters is 1. The maximum absolute atomic E-state index is 13.7. The van der Waals surface area contributed by atoms with Gasteiger partial charge in [-0.25, -0.2) is 18.0 Å². The van der Waals surface area contributed by atoms with Gasteiger partial charge in [-0.15, -0.1) is 0 Å². The van der Waals surface area contributed by atoms with E-state index in [1.54, 1.807) is 0 Å². The fourth-order valence-corrected chi connectivity index (χ4v) is 1.97. The van der Waals surface area contributed by atoms with E-state index in [2.05, 4.69) is 4.74 Å². The molecule has 3 nitrogen and oxygen atoms in total. The first-order chi connectivity index (χ1) is 9.06. The van der Waals surface area contributed by atoms with E-state index in [4.69, 9.17) is 4.74 Å². The predicted molar refractivity (Wildman–Crippen MR) is 60.7 cm³/mol. The van der Waals surface area contributed by atoms with Crippen molar-refractivity contribution in [1.82, 2.24) is 0 Å². The highest BCUT2D eigenvalue weighted by Crippen LogP contribution is 2.31. The average molecular weight is 272 g/mol. The lowest BCUT2D eigenvalue weighted by molar-refractivity contribution is -0.136. The number of carbonyl (C=O) groups is 1. The number of methoxy groups -OCH3 is 1. The molecule has 0 fully saturated rings. The zero-order valence-corrected chi connectivity index (χ0v) is 10.1. The van der Waals surface area contributed by atoms with Gasteiger partial charge in [0.2, 0.25) is 0 Å². The molecule has 1 aliphatic heterocycles. The summed E-state index contributed by atoms with van der Waals surface area (Å²) in [6, 6.07) is 1.52. The van der Waals surface area contributed by atoms with Gasteiger partial charge in [-0.1, -0.05) is 0 Å². The first-order valence-electron chi connectivity index (χ1n) is 5.58. The minimum Gasteiger partial charge on any atom is -0.466 e. The number of hydrogen-bond donors (Lipinski definition) is 0. The second-order valence-corrected chi connectivity index (χ2v) is 3.97. The number of ether oxygens (including phenoxy) is 2. The van der Waals surface area contributed by atoms with Gasteiger partial charge < -0.3 is 9.47 Å². The maximum Gasteiger partial charge on any atom is 0.336 e. The molecule has 0 saturated heterocycles. The highest BCUT2D eigenvalue weighted by atomic mass is 19.2. The number of carbonyl (C=O) groups excluding carboxylic acids is 1. The third-order valence-electron chi connectivity index (χ3n) is 2.88. The Morgan fingerprint density at radius 3 is 2.63 bits per heavy atom. The first-order valence-corrected chi connectivity index (χ1v) is 5.58. The molecule has 1 heterocycles. The van der Waals surface area contributed by atoms with Crippen LogP contribution >= 0.6 is 0 Å². The molecule has 1 aromatic carbocycles. The van der Waals surface area contributed by atoms with Crippen molar-refractivity contribution in [3.8, 4) is 0 Å². The van der Waals surface area contributed by atoms with Crippen LogP contribution in [0.2, 0.25) is 0 Å². The van der Waals surface area contributed by atoms with Crippen LogP contribution in [0.5, 0.6) is 0 Å². The fourth-order valence-electron chi connectivity index (χ4n) is 1.97. The van der Waals surface area contributed by atoms with Crippen molar-refractivity contribution in [2.75, 3.05) is 20.3 Å². The molecule has 0 radical (unpaired) electrons. The molecule has 0 atom stereocenters. The molecule has 6 heteroatoms. The van der Waals surface area contributed by atoms with Crippen LogP contribution in [0.25, 0.3) is 5.57 Å². The van der Waals surface area contributed by atoms with Gasteiger partial charge in [-0.05, 0) is 24.1 Å². The Morgan fingerprint density at radius 1 is 1.26 bits per heavy atom. The van der Waals surface area contributed by atoms with Crippen molar-refractivity contribution in [3.05, 3.63) is 40.7 Å². The van der Waals surface area contributed by atoms with E-state index in [0.717, 1.165) is 13.2 Å². The van der Waals surface area contributed by atoms with Crippen molar-refractivity contribution in [2.24, 2.45) is 0 Å². The zero-order chi connectivity index (χ0) is 14.0. The summed E-state index contributed by atoms with van der Waals surface area (Å²) in [6.45, 7) is 0.0859. The Balaban J connectivity index is 2.63. The molecular weight excluding hydrogens is 261 g/mol. The molecule has 19 heavy (non-hydrogen) atoms. The molecule has 0 bridgehead atoms. The smallest absolute Gasteiger partial charge is 0.336 e. The van der Waals surface area contributed by atoms with Crippen LogP contribution in [0.4, 0.5) is 13.2 Å². The third-order valence-corrected chi connectivity index (χ3v) is 2.88. The van der Waals surface area contributed by atoms with E-state index in [9.17, 15) is 18.0 Å². The van der Waals surface area contributed by atoms with Gasteiger partial charge in [0.05, 0.1) is 31.5 Å². The van der Waals surface area contributed by atoms with Crippen LogP contribution in [-0.2, 0) is 14.3 Å². The van der Waals surface area contributed by atoms with Gasteiger partial charge in [-0.2, -0.15) is 0 Å². The van der Waals surface area contributed by atoms with Crippen molar-refractivity contribution in [2.45, 2.75) is 6.42 Å². The molecule has 0 spiro atoms. The summed E-state index contributed by atoms with van der Waals surface area (Å²) in [5.41, 5.74) is -0.423. The molecule has 0 unspecified atom stereocenters. The molecule has 1 aromatic rings. The van der Waals surface area contributed by atoms with E-state index in [1.807, 2.05) is 0 Å². The van der Waals surface area contributed by atoms with Gasteiger partial charge >= 0.3 is 5.97 Å². The predicted octanol–water partition coefficient (Wildman–Crippen LogP) is 2.45. The van der Waals surface area contributed by atoms with Gasteiger partial charge in [0, 0.05) is 0 Å². The Morgan fingerprint density at radius 2 is 1.95 bits per heavy atom. The van der Waals surface area contributed by atoms with Crippen molar-refractivity contribution in [1.29, 1.82) is 0 Å². The second-order valence-electron chi connectivity index (χ2n) is 3.97. The topological polar surface area (TPSA) is 35.5 Å². The van der Waals surface area contributed by atoms with Crippen molar-refractivity contribution in [3.63, 3.8) is 0 Å². The summed E-state index contributed by atoms with van der Waals surface area (Å²) in [7, 11) is 1.15. The molecule has 0 saturated carbocycles. The van der Waals surface area contributed by atoms with Crippen LogP contribution in [0.3, 0.4) is 0 Å². The van der Waals surface area contributed by atoms with Gasteiger partial charge in [0.15, 0.2) is 11.6 Å². The fraction of sp³-hybridized carbons (Fsp3) is 0.308. The highest BCUT2D eigenvalue weighted by Gasteiger charge is 2.26. The second kappa shape index (κ2) is 5.44. The summed E-state index contributed by atoms with van der Waals surface area (Å²) in [5.74, 6) is -4.13. The first kappa shape index (κ1) is 13.6. The van der Waals surface area contributed by atoms with Crippen LogP contribution < -0.4 is 0 Å². The third kappa shape index (κ3) is 2.49. The van der Waals surface area contributed by atoms with Crippen LogP contribution in [0.15, 0.2) is 17.7 Å². The number of hydrogen-bond acceptors (Lipinski definition) is 3. The lowest BCUT2D eigenvalue weighted by Crippen LogP contribution is -2.19. The quantitative estimate of drug-likeness (QED) is 0.613. The van der Waals surface area contributed by atoms with E-state index < -0.39 is 29.0 Å². The molecule has 102 valence electrons. The van der Waals surface area contributed by atoms with Gasteiger partial charge in [0.1, 0.15) is 5.82 Å². The summed E-state index contributed by atoms with van der Waals surface area (Å²) < 4.78 is 50.3. The van der Waals surface area contributed by atoms with Gasteiger partial charge in [0.25, 0.3) is 0 Å². The Kier molecular flexibility index (Phi) is 3.90. The number of benzene rings is 1. The molecular formula is C13H11F3O3. The van der Waals surface area contributed by atoms with E-state index in [-0.39, 0.29) is 30.8 Å². The molecule has 0 aromatic heterocycles. The van der Waals surface area contributed by atoms with E-state index in [0.29, 0.717) is 6.07 Å². The van der Waals surface area contributed by atoms with Gasteiger partial charge in [-0.3, -0.25) is 0 Å². The number of rotatable bonds is 2. The Bertz CT molecular complexity index is 552. The van der Waals surface area contributed by atoms with Crippen LogP contribution in [0, 0.1) is 17.5 Å². The lowest BCUT2D eigenvalue weighted by atomic mass is 9.95. The van der Waals surface area contributed by atoms with Crippen LogP contribution in [-0.4, -0.2) is 26.3 Å². The SMILES string of the molecule is COC(=O)C1=C(c2c(F)ccc(F)c2F)CCOC1. The van der Waals surface area contributed by atoms with Crippen molar-refractivity contribution >= 4 is 11.5 Å². The Hall–Kier alpha value is -1.82. The standard InChI is InChI=1S/C13H11F3O3/c1-18-13(17)8-6-19-5-4-7(8)11-9(14)2-3-10(15)12(11)16/h2-3H,4-6H2,1H3. The zero-order valence-electron chi connectivity index (χ0n) is 10.1. The minimum absolute atomic E-state index is 0.0113. The van der Waals surface area contributed by atoms with Crippen LogP contribution in [0.1, 0.15) is 12.0 Å². The highest BCUT2D eigenvalue weighted by molar-refractivity contribution is 5.98. The Labute approximate surface area is 107 Å². The molecule has 2 rings (SSSR count). The molecule has 0 aliphatic carbocycles. The largest absolute Gasteiger partial charge is 0.466 e. The molecule has 1 aliphatic rings. The normalized spacial score (nSPS) is 15.6. The summed E-state index contributed by atoms with van der Waals surface area (Å²) in [4.78, 5) is 11.6. The lowest BCUT2D eigenvalue weighted by Gasteiger charge is -2.20. The molecule has 0 N–H and O–H groups in total. The summed E-state index contributed by atoms with van der Waals surface area (Å²) in [5, 5.41) is 0. The monoisotopic (exact) mass is 272 g/mol. The summed E-state index contributed by atoms with van der Waals surface area (Å²) in [6.07, 6.45) is 0.113. The molecule has 0 amide bonds. The average Bonchev–Trinajstić information content (AvgIpc) is 2.43. The van der Waals surface area contributed by atoms with E-state index >= 15 is 0 Å². The van der Waals surface area contributed by atoms with E-state index in [1.165, 1.54) is 0 Å².